The van der Waals surface area contributed by atoms with Crippen LogP contribution in [0.2, 0.25) is 0 Å². The average molecular weight is 622 g/mol. The van der Waals surface area contributed by atoms with Gasteiger partial charge < -0.3 is 29.7 Å². The predicted molar refractivity (Wildman–Crippen MR) is 175 cm³/mol. The van der Waals surface area contributed by atoms with Crippen molar-refractivity contribution in [3.05, 3.63) is 59.7 Å². The monoisotopic (exact) mass is 621 g/mol. The smallest absolute Gasteiger partial charge is 0.258 e. The van der Waals surface area contributed by atoms with Gasteiger partial charge in [-0.1, -0.05) is 44.4 Å². The van der Waals surface area contributed by atoms with Crippen LogP contribution in [0.1, 0.15) is 92.9 Å². The molecule has 2 N–H and O–H groups in total. The number of carbonyl (C=O) groups is 3. The van der Waals surface area contributed by atoms with E-state index in [1.807, 2.05) is 39.0 Å². The Balaban J connectivity index is 1.61. The van der Waals surface area contributed by atoms with Gasteiger partial charge in [0.25, 0.3) is 11.8 Å². The van der Waals surface area contributed by atoms with Crippen LogP contribution >= 0.6 is 0 Å². The highest BCUT2D eigenvalue weighted by Gasteiger charge is 2.31. The van der Waals surface area contributed by atoms with Crippen LogP contribution in [0.4, 0.5) is 5.69 Å². The van der Waals surface area contributed by atoms with E-state index in [1.54, 1.807) is 47.2 Å². The van der Waals surface area contributed by atoms with Crippen molar-refractivity contribution < 1.29 is 29.0 Å². The van der Waals surface area contributed by atoms with Crippen LogP contribution in [0.5, 0.6) is 5.75 Å². The van der Waals surface area contributed by atoms with Gasteiger partial charge in [0, 0.05) is 49.8 Å². The lowest BCUT2D eigenvalue weighted by Crippen LogP contribution is -2.48. The average Bonchev–Trinajstić information content (AvgIpc) is 3.06. The Labute approximate surface area is 268 Å². The number of amides is 3. The number of rotatable bonds is 7. The minimum atomic E-state index is -0.483. The second-order valence-electron chi connectivity index (χ2n) is 12.9. The van der Waals surface area contributed by atoms with Gasteiger partial charge in [0.05, 0.1) is 30.4 Å². The summed E-state index contributed by atoms with van der Waals surface area (Å²) in [5, 5.41) is 13.3. The topological polar surface area (TPSA) is 108 Å². The van der Waals surface area contributed by atoms with E-state index < -0.39 is 6.04 Å². The Kier molecular flexibility index (Phi) is 12.8. The standard InChI is InChI=1S/C36H51N3O6/c1-25-22-39(26(2)24-40)36(43)31-21-30(37-34(41)28-14-7-5-8-15-28)18-19-32(31)45-27(3)13-11-12-20-44-33(25)23-38(4)35(42)29-16-9-6-10-17-29/h6,9-10,16-19,21,25-28,33,40H,5,7-8,11-15,20,22-24H2,1-4H3,(H,37,41)/t25-,26+,27-,33+/m1/s1. The van der Waals surface area contributed by atoms with E-state index in [9.17, 15) is 19.5 Å². The second-order valence-corrected chi connectivity index (χ2v) is 12.9. The van der Waals surface area contributed by atoms with Crippen molar-refractivity contribution in [3.63, 3.8) is 0 Å². The molecule has 246 valence electrons. The van der Waals surface area contributed by atoms with Crippen molar-refractivity contribution >= 4 is 23.4 Å². The van der Waals surface area contributed by atoms with Crippen molar-refractivity contribution in [2.75, 3.05) is 38.7 Å². The predicted octanol–water partition coefficient (Wildman–Crippen LogP) is 5.77. The number of hydrogen-bond acceptors (Lipinski definition) is 6. The SMILES string of the molecule is C[C@@H]1CCCCO[C@@H](CN(C)C(=O)c2ccccc2)[C@H](C)CN([C@@H](C)CO)C(=O)c2cc(NC(=O)C3CCCCC3)ccc2O1. The number of benzene rings is 2. The quantitative estimate of drug-likeness (QED) is 0.406. The molecule has 0 spiro atoms. The van der Waals surface area contributed by atoms with Crippen molar-refractivity contribution in [2.24, 2.45) is 11.8 Å². The number of aliphatic hydroxyl groups is 1. The lowest BCUT2D eigenvalue weighted by molar-refractivity contribution is -0.120. The summed E-state index contributed by atoms with van der Waals surface area (Å²) in [6.07, 6.45) is 7.05. The molecule has 2 aromatic rings. The first-order valence-corrected chi connectivity index (χ1v) is 16.6. The highest BCUT2D eigenvalue weighted by molar-refractivity contribution is 6.00. The largest absolute Gasteiger partial charge is 0.490 e. The number of carbonyl (C=O) groups excluding carboxylic acids is 3. The van der Waals surface area contributed by atoms with Crippen LogP contribution in [0.25, 0.3) is 0 Å². The van der Waals surface area contributed by atoms with Crippen molar-refractivity contribution in [2.45, 2.75) is 90.4 Å². The molecule has 4 atom stereocenters. The summed E-state index contributed by atoms with van der Waals surface area (Å²) in [5.74, 6) is -0.108. The molecule has 3 amide bonds. The summed E-state index contributed by atoms with van der Waals surface area (Å²) in [5.41, 5.74) is 1.51. The number of likely N-dealkylation sites (N-methyl/N-ethyl adjacent to an activating group) is 1. The molecule has 0 unspecified atom stereocenters. The number of ether oxygens (including phenoxy) is 2. The van der Waals surface area contributed by atoms with E-state index in [1.165, 1.54) is 0 Å². The number of aliphatic hydroxyl groups excluding tert-OH is 1. The lowest BCUT2D eigenvalue weighted by Gasteiger charge is -2.36. The molecule has 1 saturated carbocycles. The minimum absolute atomic E-state index is 0.0133. The Morgan fingerprint density at radius 1 is 1.02 bits per heavy atom. The van der Waals surface area contributed by atoms with Crippen LogP contribution < -0.4 is 10.1 Å². The van der Waals surface area contributed by atoms with Gasteiger partial charge in [-0.05, 0) is 76.3 Å². The van der Waals surface area contributed by atoms with Crippen LogP contribution in [0.3, 0.4) is 0 Å². The van der Waals surface area contributed by atoms with E-state index in [-0.39, 0.29) is 48.4 Å². The molecule has 9 nitrogen and oxygen atoms in total. The second kappa shape index (κ2) is 16.8. The molecule has 1 fully saturated rings. The van der Waals surface area contributed by atoms with E-state index in [0.29, 0.717) is 42.3 Å². The molecule has 2 aromatic carbocycles. The molecule has 1 aliphatic carbocycles. The maximum Gasteiger partial charge on any atom is 0.258 e. The highest BCUT2D eigenvalue weighted by atomic mass is 16.5. The first-order chi connectivity index (χ1) is 21.7. The molecule has 9 heteroatoms. The van der Waals surface area contributed by atoms with Gasteiger partial charge >= 0.3 is 0 Å². The summed E-state index contributed by atoms with van der Waals surface area (Å²) in [6.45, 7) is 6.78. The maximum absolute atomic E-state index is 14.3. The molecular formula is C36H51N3O6. The third-order valence-corrected chi connectivity index (χ3v) is 9.12. The Hall–Kier alpha value is -3.43. The van der Waals surface area contributed by atoms with E-state index in [0.717, 1.165) is 51.4 Å². The summed E-state index contributed by atoms with van der Waals surface area (Å²) < 4.78 is 12.7. The summed E-state index contributed by atoms with van der Waals surface area (Å²) in [4.78, 5) is 43.9. The first kappa shape index (κ1) is 34.4. The minimum Gasteiger partial charge on any atom is -0.490 e. The zero-order valence-corrected chi connectivity index (χ0v) is 27.4. The zero-order valence-electron chi connectivity index (χ0n) is 27.4. The molecule has 1 aliphatic heterocycles. The van der Waals surface area contributed by atoms with Crippen molar-refractivity contribution in [1.82, 2.24) is 9.80 Å². The van der Waals surface area contributed by atoms with Crippen LogP contribution in [-0.4, -0.2) is 84.2 Å². The van der Waals surface area contributed by atoms with Gasteiger partial charge in [0.1, 0.15) is 5.75 Å². The molecule has 0 saturated heterocycles. The fraction of sp³-hybridized carbons (Fsp3) is 0.583. The van der Waals surface area contributed by atoms with Gasteiger partial charge in [-0.3, -0.25) is 14.4 Å². The Morgan fingerprint density at radius 2 is 1.73 bits per heavy atom. The zero-order chi connectivity index (χ0) is 32.3. The normalized spacial score (nSPS) is 22.8. The van der Waals surface area contributed by atoms with Crippen LogP contribution in [-0.2, 0) is 9.53 Å². The number of nitrogens with one attached hydrogen (secondary N) is 1. The van der Waals surface area contributed by atoms with Gasteiger partial charge in [-0.2, -0.15) is 0 Å². The molecule has 45 heavy (non-hydrogen) atoms. The molecule has 0 radical (unpaired) electrons. The molecule has 0 aromatic heterocycles. The molecule has 0 bridgehead atoms. The number of hydrogen-bond donors (Lipinski definition) is 2. The number of fused-ring (bicyclic) bond motifs is 1. The van der Waals surface area contributed by atoms with E-state index in [4.69, 9.17) is 9.47 Å². The molecule has 1 heterocycles. The lowest BCUT2D eigenvalue weighted by atomic mass is 9.88. The van der Waals surface area contributed by atoms with E-state index in [2.05, 4.69) is 5.32 Å². The fourth-order valence-corrected chi connectivity index (χ4v) is 6.23. The van der Waals surface area contributed by atoms with E-state index >= 15 is 0 Å². The fourth-order valence-electron chi connectivity index (χ4n) is 6.23. The van der Waals surface area contributed by atoms with Crippen molar-refractivity contribution in [3.8, 4) is 5.75 Å². The molecule has 4 rings (SSSR count). The summed E-state index contributed by atoms with van der Waals surface area (Å²) >= 11 is 0. The van der Waals surface area contributed by atoms with Crippen molar-refractivity contribution in [1.29, 1.82) is 0 Å². The third kappa shape index (κ3) is 9.53. The van der Waals surface area contributed by atoms with Gasteiger partial charge in [0.15, 0.2) is 0 Å². The number of nitrogens with zero attached hydrogens (tertiary/aromatic N) is 2. The third-order valence-electron chi connectivity index (χ3n) is 9.12. The first-order valence-electron chi connectivity index (χ1n) is 16.6. The van der Waals surface area contributed by atoms with Gasteiger partial charge in [0.2, 0.25) is 5.91 Å². The van der Waals surface area contributed by atoms with Crippen LogP contribution in [0, 0.1) is 11.8 Å². The maximum atomic E-state index is 14.3. The molecule has 2 aliphatic rings. The highest BCUT2D eigenvalue weighted by Crippen LogP contribution is 2.30. The summed E-state index contributed by atoms with van der Waals surface area (Å²) in [6, 6.07) is 14.0. The molecular weight excluding hydrogens is 570 g/mol. The van der Waals surface area contributed by atoms with Gasteiger partial charge in [-0.25, -0.2) is 0 Å². The Morgan fingerprint density at radius 3 is 2.44 bits per heavy atom. The number of anilines is 1. The summed E-state index contributed by atoms with van der Waals surface area (Å²) in [7, 11) is 1.77. The van der Waals surface area contributed by atoms with Crippen LogP contribution in [0.15, 0.2) is 48.5 Å². The Bertz CT molecular complexity index is 1260. The van der Waals surface area contributed by atoms with Gasteiger partial charge in [-0.15, -0.1) is 0 Å².